The lowest BCUT2D eigenvalue weighted by atomic mass is 9.77. The smallest absolute Gasteiger partial charge is 0.123 e. The Balaban J connectivity index is 1.23. The van der Waals surface area contributed by atoms with Gasteiger partial charge in [0.25, 0.3) is 0 Å². The highest BCUT2D eigenvalue weighted by molar-refractivity contribution is 6.58. The molecule has 1 saturated heterocycles. The van der Waals surface area contributed by atoms with Crippen molar-refractivity contribution in [3.8, 4) is 5.75 Å². The first kappa shape index (κ1) is 24.8. The van der Waals surface area contributed by atoms with Crippen LogP contribution in [0.3, 0.4) is 0 Å². The van der Waals surface area contributed by atoms with E-state index in [-0.39, 0.29) is 15.4 Å². The SMILES string of the molecule is CCCCC[SiH]1CCC(CCCCC2CCC(c3ccc(OCCF)cc3)CC2)CC1. The molecule has 1 aliphatic carbocycles. The van der Waals surface area contributed by atoms with E-state index < -0.39 is 6.67 Å². The van der Waals surface area contributed by atoms with E-state index in [0.717, 1.165) is 17.6 Å². The van der Waals surface area contributed by atoms with Gasteiger partial charge in [-0.15, -0.1) is 0 Å². The maximum absolute atomic E-state index is 12.2. The minimum Gasteiger partial charge on any atom is -0.491 e. The number of rotatable bonds is 13. The van der Waals surface area contributed by atoms with Crippen LogP contribution in [-0.2, 0) is 0 Å². The fourth-order valence-electron chi connectivity index (χ4n) is 6.13. The van der Waals surface area contributed by atoms with Gasteiger partial charge in [0.1, 0.15) is 19.0 Å². The molecule has 3 rings (SSSR count). The first-order valence-electron chi connectivity index (χ1n) is 13.6. The highest BCUT2D eigenvalue weighted by Crippen LogP contribution is 2.38. The number of ether oxygens (including phenoxy) is 1. The summed E-state index contributed by atoms with van der Waals surface area (Å²) in [6, 6.07) is 13.4. The zero-order valence-corrected chi connectivity index (χ0v) is 21.3. The topological polar surface area (TPSA) is 9.23 Å². The third-order valence-corrected chi connectivity index (χ3v) is 11.7. The number of benzene rings is 1. The van der Waals surface area contributed by atoms with Gasteiger partial charge in [-0.05, 0) is 61.1 Å². The average molecular weight is 447 g/mol. The molecule has 3 heteroatoms. The second kappa shape index (κ2) is 14.3. The molecule has 0 atom stereocenters. The summed E-state index contributed by atoms with van der Waals surface area (Å²) >= 11 is 0. The van der Waals surface area contributed by atoms with Gasteiger partial charge in [0, 0.05) is 8.80 Å². The molecule has 0 unspecified atom stereocenters. The van der Waals surface area contributed by atoms with Crippen molar-refractivity contribution >= 4 is 8.80 Å². The van der Waals surface area contributed by atoms with Gasteiger partial charge >= 0.3 is 0 Å². The van der Waals surface area contributed by atoms with Crippen molar-refractivity contribution in [2.75, 3.05) is 13.3 Å². The van der Waals surface area contributed by atoms with E-state index in [0.29, 0.717) is 5.92 Å². The lowest BCUT2D eigenvalue weighted by Gasteiger charge is -2.30. The summed E-state index contributed by atoms with van der Waals surface area (Å²) in [5, 5.41) is 0. The van der Waals surface area contributed by atoms with Gasteiger partial charge < -0.3 is 4.74 Å². The number of hydrogen-bond donors (Lipinski definition) is 0. The first-order chi connectivity index (χ1) is 15.3. The van der Waals surface area contributed by atoms with Crippen LogP contribution in [0, 0.1) is 11.8 Å². The van der Waals surface area contributed by atoms with E-state index in [4.69, 9.17) is 4.74 Å². The van der Waals surface area contributed by atoms with Crippen molar-refractivity contribution in [1.29, 1.82) is 0 Å². The van der Waals surface area contributed by atoms with E-state index >= 15 is 0 Å². The Bertz CT molecular complexity index is 573. The van der Waals surface area contributed by atoms with Crippen LogP contribution in [0.25, 0.3) is 0 Å². The van der Waals surface area contributed by atoms with Crippen LogP contribution in [0.2, 0.25) is 18.1 Å². The van der Waals surface area contributed by atoms with Gasteiger partial charge in [0.15, 0.2) is 0 Å². The molecular formula is C28H47FOSi. The minimum atomic E-state index is -0.423. The van der Waals surface area contributed by atoms with Gasteiger partial charge in [0.2, 0.25) is 0 Å². The molecule has 2 fully saturated rings. The van der Waals surface area contributed by atoms with Gasteiger partial charge in [-0.25, -0.2) is 4.39 Å². The molecule has 0 bridgehead atoms. The molecule has 1 heterocycles. The van der Waals surface area contributed by atoms with Crippen molar-refractivity contribution in [2.45, 2.75) is 114 Å². The van der Waals surface area contributed by atoms with Crippen LogP contribution in [0.1, 0.15) is 102 Å². The van der Waals surface area contributed by atoms with Crippen molar-refractivity contribution in [1.82, 2.24) is 0 Å². The molecule has 0 radical (unpaired) electrons. The summed E-state index contributed by atoms with van der Waals surface area (Å²) in [6.45, 7) is 2.07. The van der Waals surface area contributed by atoms with E-state index in [1.54, 1.807) is 31.0 Å². The van der Waals surface area contributed by atoms with Crippen LogP contribution in [0.15, 0.2) is 24.3 Å². The molecule has 31 heavy (non-hydrogen) atoms. The van der Waals surface area contributed by atoms with Gasteiger partial charge in [-0.1, -0.05) is 95.0 Å². The monoisotopic (exact) mass is 446 g/mol. The van der Waals surface area contributed by atoms with Crippen LogP contribution in [-0.4, -0.2) is 22.1 Å². The van der Waals surface area contributed by atoms with Crippen LogP contribution in [0.5, 0.6) is 5.75 Å². The van der Waals surface area contributed by atoms with Gasteiger partial charge in [-0.3, -0.25) is 0 Å². The molecule has 0 spiro atoms. The average Bonchev–Trinajstić information content (AvgIpc) is 2.82. The molecule has 2 aliphatic rings. The fraction of sp³-hybridized carbons (Fsp3) is 0.786. The lowest BCUT2D eigenvalue weighted by molar-refractivity contribution is 0.273. The summed E-state index contributed by atoms with van der Waals surface area (Å²) in [7, 11) is -0.323. The van der Waals surface area contributed by atoms with Crippen molar-refractivity contribution in [3.63, 3.8) is 0 Å². The Hall–Kier alpha value is -0.833. The standard InChI is InChI=1S/C28H47FOSi/c1-2-3-6-21-31-22-17-25(18-23-31)8-5-4-7-24-9-11-26(12-10-24)27-13-15-28(16-14-27)30-20-19-29/h13-16,24-26,31H,2-12,17-23H2,1H3. The fourth-order valence-corrected chi connectivity index (χ4v) is 9.75. The summed E-state index contributed by atoms with van der Waals surface area (Å²) < 4.78 is 17.6. The number of unbranched alkanes of at least 4 members (excludes halogenated alkanes) is 3. The normalized spacial score (nSPS) is 26.6. The van der Waals surface area contributed by atoms with Gasteiger partial charge in [-0.2, -0.15) is 0 Å². The largest absolute Gasteiger partial charge is 0.491 e. The molecule has 1 nitrogen and oxygen atoms in total. The summed E-state index contributed by atoms with van der Waals surface area (Å²) in [5.41, 5.74) is 1.44. The Kier molecular flexibility index (Phi) is 11.5. The lowest BCUT2D eigenvalue weighted by Crippen LogP contribution is -2.21. The minimum absolute atomic E-state index is 0.159. The van der Waals surface area contributed by atoms with Crippen molar-refractivity contribution < 1.29 is 9.13 Å². The molecule has 0 aromatic heterocycles. The van der Waals surface area contributed by atoms with Gasteiger partial charge in [0.05, 0.1) is 0 Å². The Morgan fingerprint density at radius 3 is 2.10 bits per heavy atom. The predicted octanol–water partition coefficient (Wildman–Crippen LogP) is 8.70. The molecule has 1 aliphatic heterocycles. The highest BCUT2D eigenvalue weighted by Gasteiger charge is 2.23. The van der Waals surface area contributed by atoms with Crippen molar-refractivity contribution in [3.05, 3.63) is 29.8 Å². The van der Waals surface area contributed by atoms with Crippen LogP contribution < -0.4 is 4.74 Å². The summed E-state index contributed by atoms with van der Waals surface area (Å²) in [4.78, 5) is 0. The zero-order valence-electron chi connectivity index (χ0n) is 20.1. The van der Waals surface area contributed by atoms with Crippen LogP contribution in [0.4, 0.5) is 4.39 Å². The van der Waals surface area contributed by atoms with E-state index in [1.165, 1.54) is 76.2 Å². The van der Waals surface area contributed by atoms with E-state index in [9.17, 15) is 4.39 Å². The van der Waals surface area contributed by atoms with E-state index in [2.05, 4.69) is 19.1 Å². The molecule has 0 amide bonds. The molecule has 0 N–H and O–H groups in total. The number of alkyl halides is 1. The molecule has 1 aromatic rings. The number of halogens is 1. The van der Waals surface area contributed by atoms with Crippen molar-refractivity contribution in [2.24, 2.45) is 11.8 Å². The quantitative estimate of drug-likeness (QED) is 0.217. The maximum Gasteiger partial charge on any atom is 0.123 e. The third-order valence-electron chi connectivity index (χ3n) is 8.20. The molecule has 176 valence electrons. The second-order valence-electron chi connectivity index (χ2n) is 10.5. The first-order valence-corrected chi connectivity index (χ1v) is 16.0. The molecule has 1 saturated carbocycles. The Morgan fingerprint density at radius 2 is 1.48 bits per heavy atom. The predicted molar refractivity (Wildman–Crippen MR) is 135 cm³/mol. The molecular weight excluding hydrogens is 399 g/mol. The Morgan fingerprint density at radius 1 is 0.839 bits per heavy atom. The Labute approximate surface area is 193 Å². The summed E-state index contributed by atoms with van der Waals surface area (Å²) in [6.07, 6.45) is 18.9. The second-order valence-corrected chi connectivity index (χ2v) is 14.0. The molecule has 1 aromatic carbocycles. The number of hydrogen-bond acceptors (Lipinski definition) is 1. The van der Waals surface area contributed by atoms with E-state index in [1.807, 2.05) is 12.1 Å². The highest BCUT2D eigenvalue weighted by atomic mass is 28.3. The zero-order chi connectivity index (χ0) is 21.7. The van der Waals surface area contributed by atoms with Crippen LogP contribution >= 0.6 is 0 Å². The maximum atomic E-state index is 12.2. The summed E-state index contributed by atoms with van der Waals surface area (Å²) in [5.74, 6) is 3.54. The third kappa shape index (κ3) is 8.90.